The molecule has 1 fully saturated rings. The van der Waals surface area contributed by atoms with E-state index in [4.69, 9.17) is 4.74 Å². The number of rotatable bonds is 6. The van der Waals surface area contributed by atoms with Crippen LogP contribution in [0.1, 0.15) is 19.3 Å². The Morgan fingerprint density at radius 2 is 2.19 bits per heavy atom. The number of benzene rings is 1. The van der Waals surface area contributed by atoms with Crippen LogP contribution < -0.4 is 10.1 Å². The third-order valence-electron chi connectivity index (χ3n) is 3.53. The summed E-state index contributed by atoms with van der Waals surface area (Å²) in [7, 11) is 0. The number of urea groups is 1. The number of nitrogens with one attached hydrogen (secondary N) is 1. The number of likely N-dealkylation sites (tertiary alicyclic amines) is 1. The molecule has 0 unspecified atom stereocenters. The first-order chi connectivity index (χ1) is 10.2. The summed E-state index contributed by atoms with van der Waals surface area (Å²) in [4.78, 5) is 13.6. The highest BCUT2D eigenvalue weighted by atomic mass is 19.1. The van der Waals surface area contributed by atoms with E-state index in [0.717, 1.165) is 12.8 Å². The van der Waals surface area contributed by atoms with Gasteiger partial charge in [-0.3, -0.25) is 0 Å². The monoisotopic (exact) mass is 296 g/mol. The SMILES string of the molecule is O=C(NCCCOc1ccc(F)cc1)N1CCC[C@H]1CO. The Kier molecular flexibility index (Phi) is 5.80. The van der Waals surface area contributed by atoms with E-state index >= 15 is 0 Å². The van der Waals surface area contributed by atoms with Crippen LogP contribution in [0.3, 0.4) is 0 Å². The number of halogens is 1. The van der Waals surface area contributed by atoms with E-state index in [1.807, 2.05) is 0 Å². The van der Waals surface area contributed by atoms with Crippen LogP contribution in [0.5, 0.6) is 5.75 Å². The van der Waals surface area contributed by atoms with Crippen molar-refractivity contribution in [2.75, 3.05) is 26.3 Å². The van der Waals surface area contributed by atoms with Gasteiger partial charge >= 0.3 is 6.03 Å². The van der Waals surface area contributed by atoms with E-state index in [-0.39, 0.29) is 24.5 Å². The molecule has 1 atom stereocenters. The first-order valence-electron chi connectivity index (χ1n) is 7.24. The van der Waals surface area contributed by atoms with Crippen molar-refractivity contribution < 1.29 is 19.0 Å². The molecule has 2 amide bonds. The molecule has 0 saturated carbocycles. The lowest BCUT2D eigenvalue weighted by molar-refractivity contribution is 0.156. The van der Waals surface area contributed by atoms with Crippen molar-refractivity contribution in [3.05, 3.63) is 30.1 Å². The number of ether oxygens (including phenoxy) is 1. The molecule has 2 rings (SSSR count). The lowest BCUT2D eigenvalue weighted by atomic mass is 10.2. The van der Waals surface area contributed by atoms with E-state index in [0.29, 0.717) is 31.9 Å². The molecular formula is C15H21FN2O3. The molecule has 1 aromatic carbocycles. The molecule has 1 aromatic rings. The standard InChI is InChI=1S/C15H21FN2O3/c16-12-4-6-14(7-5-12)21-10-2-8-17-15(20)18-9-1-3-13(18)11-19/h4-7,13,19H,1-3,8-11H2,(H,17,20)/t13-/m0/s1. The van der Waals surface area contributed by atoms with Gasteiger partial charge in [0.1, 0.15) is 11.6 Å². The number of aliphatic hydroxyl groups excluding tert-OH is 1. The summed E-state index contributed by atoms with van der Waals surface area (Å²) in [5.41, 5.74) is 0. The molecule has 116 valence electrons. The molecule has 21 heavy (non-hydrogen) atoms. The van der Waals surface area contributed by atoms with Gasteiger partial charge in [-0.2, -0.15) is 0 Å². The van der Waals surface area contributed by atoms with Gasteiger partial charge < -0.3 is 20.1 Å². The average molecular weight is 296 g/mol. The zero-order chi connectivity index (χ0) is 15.1. The number of amides is 2. The molecule has 1 aliphatic rings. The summed E-state index contributed by atoms with van der Waals surface area (Å²) < 4.78 is 18.1. The van der Waals surface area contributed by atoms with Gasteiger partial charge in [0.15, 0.2) is 0 Å². The zero-order valence-corrected chi connectivity index (χ0v) is 11.9. The molecule has 0 aromatic heterocycles. The van der Waals surface area contributed by atoms with E-state index in [9.17, 15) is 14.3 Å². The van der Waals surface area contributed by atoms with Gasteiger partial charge in [-0.15, -0.1) is 0 Å². The van der Waals surface area contributed by atoms with Gasteiger partial charge in [0.25, 0.3) is 0 Å². The van der Waals surface area contributed by atoms with Gasteiger partial charge in [-0.05, 0) is 43.5 Å². The number of hydrogen-bond acceptors (Lipinski definition) is 3. The van der Waals surface area contributed by atoms with Crippen LogP contribution in [0.2, 0.25) is 0 Å². The fourth-order valence-electron chi connectivity index (χ4n) is 2.38. The normalized spacial score (nSPS) is 17.8. The Morgan fingerprint density at radius 3 is 2.90 bits per heavy atom. The predicted molar refractivity (Wildman–Crippen MR) is 76.7 cm³/mol. The van der Waals surface area contributed by atoms with Crippen molar-refractivity contribution in [1.29, 1.82) is 0 Å². The van der Waals surface area contributed by atoms with Crippen LogP contribution in [0.25, 0.3) is 0 Å². The second-order valence-electron chi connectivity index (χ2n) is 5.06. The molecule has 5 nitrogen and oxygen atoms in total. The van der Waals surface area contributed by atoms with Crippen molar-refractivity contribution in [3.63, 3.8) is 0 Å². The maximum absolute atomic E-state index is 12.7. The Balaban J connectivity index is 1.61. The Labute approximate surface area is 123 Å². The second-order valence-corrected chi connectivity index (χ2v) is 5.06. The number of carbonyl (C=O) groups is 1. The minimum atomic E-state index is -0.293. The molecule has 1 heterocycles. The summed E-state index contributed by atoms with van der Waals surface area (Å²) in [5, 5.41) is 12.0. The van der Waals surface area contributed by atoms with Crippen molar-refractivity contribution >= 4 is 6.03 Å². The van der Waals surface area contributed by atoms with Crippen molar-refractivity contribution in [3.8, 4) is 5.75 Å². The third-order valence-corrected chi connectivity index (χ3v) is 3.53. The van der Waals surface area contributed by atoms with Crippen LogP contribution in [0.15, 0.2) is 24.3 Å². The molecule has 1 aliphatic heterocycles. The third kappa shape index (κ3) is 4.60. The van der Waals surface area contributed by atoms with Gasteiger partial charge in [-0.25, -0.2) is 9.18 Å². The highest BCUT2D eigenvalue weighted by Gasteiger charge is 2.27. The molecule has 2 N–H and O–H groups in total. The maximum atomic E-state index is 12.7. The van der Waals surface area contributed by atoms with Gasteiger partial charge in [0.05, 0.1) is 19.3 Å². The summed E-state index contributed by atoms with van der Waals surface area (Å²) in [6, 6.07) is 5.65. The Morgan fingerprint density at radius 1 is 1.43 bits per heavy atom. The number of aliphatic hydroxyl groups is 1. The molecule has 0 aliphatic carbocycles. The fourth-order valence-corrected chi connectivity index (χ4v) is 2.38. The van der Waals surface area contributed by atoms with E-state index in [2.05, 4.69) is 5.32 Å². The lowest BCUT2D eigenvalue weighted by Gasteiger charge is -2.23. The number of hydrogen-bond donors (Lipinski definition) is 2. The van der Waals surface area contributed by atoms with Crippen molar-refractivity contribution in [1.82, 2.24) is 10.2 Å². The van der Waals surface area contributed by atoms with Crippen LogP contribution in [-0.4, -0.2) is 48.4 Å². The van der Waals surface area contributed by atoms with Crippen LogP contribution >= 0.6 is 0 Å². The highest BCUT2D eigenvalue weighted by molar-refractivity contribution is 5.74. The summed E-state index contributed by atoms with van der Waals surface area (Å²) in [6.45, 7) is 1.67. The Bertz CT molecular complexity index is 453. The van der Waals surface area contributed by atoms with Crippen LogP contribution in [-0.2, 0) is 0 Å². The Hall–Kier alpha value is -1.82. The minimum absolute atomic E-state index is 0.0150. The molecule has 0 radical (unpaired) electrons. The fraction of sp³-hybridized carbons (Fsp3) is 0.533. The smallest absolute Gasteiger partial charge is 0.317 e. The van der Waals surface area contributed by atoms with Crippen LogP contribution in [0, 0.1) is 5.82 Å². The highest BCUT2D eigenvalue weighted by Crippen LogP contribution is 2.16. The largest absolute Gasteiger partial charge is 0.494 e. The summed E-state index contributed by atoms with van der Waals surface area (Å²) >= 11 is 0. The van der Waals surface area contributed by atoms with Gasteiger partial charge in [-0.1, -0.05) is 0 Å². The first kappa shape index (κ1) is 15.6. The van der Waals surface area contributed by atoms with Crippen molar-refractivity contribution in [2.24, 2.45) is 0 Å². The molecule has 6 heteroatoms. The number of carbonyl (C=O) groups excluding carboxylic acids is 1. The summed E-state index contributed by atoms with van der Waals surface area (Å²) in [5.74, 6) is 0.321. The quantitative estimate of drug-likeness (QED) is 0.786. The van der Waals surface area contributed by atoms with Gasteiger partial charge in [0, 0.05) is 13.1 Å². The van der Waals surface area contributed by atoms with E-state index in [1.165, 1.54) is 12.1 Å². The molecule has 0 bridgehead atoms. The molecular weight excluding hydrogens is 275 g/mol. The molecule has 0 spiro atoms. The average Bonchev–Trinajstić information content (AvgIpc) is 2.97. The predicted octanol–water partition coefficient (Wildman–Crippen LogP) is 1.76. The van der Waals surface area contributed by atoms with Gasteiger partial charge in [0.2, 0.25) is 0 Å². The molecule has 1 saturated heterocycles. The minimum Gasteiger partial charge on any atom is -0.494 e. The topological polar surface area (TPSA) is 61.8 Å². The van der Waals surface area contributed by atoms with Crippen molar-refractivity contribution in [2.45, 2.75) is 25.3 Å². The zero-order valence-electron chi connectivity index (χ0n) is 11.9. The number of nitrogens with zero attached hydrogens (tertiary/aromatic N) is 1. The second kappa shape index (κ2) is 7.83. The first-order valence-corrected chi connectivity index (χ1v) is 7.24. The summed E-state index contributed by atoms with van der Waals surface area (Å²) in [6.07, 6.45) is 2.46. The maximum Gasteiger partial charge on any atom is 0.317 e. The lowest BCUT2D eigenvalue weighted by Crippen LogP contribution is -2.44. The van der Waals surface area contributed by atoms with E-state index < -0.39 is 0 Å². The van der Waals surface area contributed by atoms with E-state index in [1.54, 1.807) is 17.0 Å². The van der Waals surface area contributed by atoms with Crippen LogP contribution in [0.4, 0.5) is 9.18 Å².